The Morgan fingerprint density at radius 2 is 2.16 bits per heavy atom. The first kappa shape index (κ1) is 11.5. The van der Waals surface area contributed by atoms with Gasteiger partial charge in [0.15, 0.2) is 5.69 Å². The maximum Gasteiger partial charge on any atom is 0.273 e. The highest BCUT2D eigenvalue weighted by Gasteiger charge is 2.11. The van der Waals surface area contributed by atoms with E-state index < -0.39 is 0 Å². The van der Waals surface area contributed by atoms with Gasteiger partial charge in [-0.3, -0.25) is 4.79 Å². The summed E-state index contributed by atoms with van der Waals surface area (Å²) in [7, 11) is 0. The van der Waals surface area contributed by atoms with E-state index in [1.807, 2.05) is 30.3 Å². The van der Waals surface area contributed by atoms with Crippen LogP contribution in [-0.4, -0.2) is 11.1 Å². The number of aromatic nitrogens is 1. The lowest BCUT2D eigenvalue weighted by Gasteiger charge is -1.98. The number of nitrogens with zero attached hydrogens (tertiary/aromatic N) is 1. The van der Waals surface area contributed by atoms with Crippen molar-refractivity contribution in [3.63, 3.8) is 0 Å². The molecule has 0 atom stereocenters. The molecule has 0 saturated heterocycles. The summed E-state index contributed by atoms with van der Waals surface area (Å²) in [5.41, 5.74) is 1.08. The molecule has 2 heterocycles. The summed E-state index contributed by atoms with van der Waals surface area (Å²) >= 11 is 0. The quantitative estimate of drug-likeness (QED) is 0.782. The number of fused-ring (bicyclic) bond motifs is 1. The summed E-state index contributed by atoms with van der Waals surface area (Å²) in [6, 6.07) is 11.2. The number of rotatable bonds is 3. The average Bonchev–Trinajstić information content (AvgIpc) is 3.01. The zero-order chi connectivity index (χ0) is 13.2. The maximum absolute atomic E-state index is 11.8. The van der Waals surface area contributed by atoms with E-state index in [4.69, 9.17) is 8.94 Å². The fourth-order valence-corrected chi connectivity index (χ4v) is 1.86. The smallest absolute Gasteiger partial charge is 0.273 e. The van der Waals surface area contributed by atoms with Crippen molar-refractivity contribution in [3.8, 4) is 0 Å². The Hall–Kier alpha value is -2.56. The highest BCUT2D eigenvalue weighted by atomic mass is 16.5. The van der Waals surface area contributed by atoms with Crippen LogP contribution >= 0.6 is 0 Å². The van der Waals surface area contributed by atoms with Gasteiger partial charge in [0.2, 0.25) is 0 Å². The van der Waals surface area contributed by atoms with Gasteiger partial charge in [-0.2, -0.15) is 0 Å². The van der Waals surface area contributed by atoms with Crippen molar-refractivity contribution in [2.75, 3.05) is 0 Å². The number of hydrogen-bond acceptors (Lipinski definition) is 4. The molecule has 2 aromatic heterocycles. The van der Waals surface area contributed by atoms with Gasteiger partial charge in [-0.25, -0.2) is 0 Å². The average molecular weight is 256 g/mol. The van der Waals surface area contributed by atoms with Crippen LogP contribution in [0.5, 0.6) is 0 Å². The molecule has 96 valence electrons. The van der Waals surface area contributed by atoms with Crippen LogP contribution in [0, 0.1) is 6.92 Å². The van der Waals surface area contributed by atoms with Gasteiger partial charge in [-0.05, 0) is 19.1 Å². The fourth-order valence-electron chi connectivity index (χ4n) is 1.86. The number of carbonyl (C=O) groups excluding carboxylic acids is 1. The molecular weight excluding hydrogens is 244 g/mol. The van der Waals surface area contributed by atoms with Gasteiger partial charge in [-0.1, -0.05) is 23.4 Å². The molecule has 0 spiro atoms. The highest BCUT2D eigenvalue weighted by Crippen LogP contribution is 2.18. The van der Waals surface area contributed by atoms with Crippen LogP contribution in [0.15, 0.2) is 45.3 Å². The molecule has 0 unspecified atom stereocenters. The molecule has 1 amide bonds. The van der Waals surface area contributed by atoms with Gasteiger partial charge in [0, 0.05) is 11.5 Å². The van der Waals surface area contributed by atoms with Gasteiger partial charge in [0.1, 0.15) is 17.1 Å². The van der Waals surface area contributed by atoms with E-state index >= 15 is 0 Å². The molecule has 0 fully saturated rings. The van der Waals surface area contributed by atoms with Crippen LogP contribution in [0.3, 0.4) is 0 Å². The molecule has 0 radical (unpaired) electrons. The van der Waals surface area contributed by atoms with E-state index in [9.17, 15) is 4.79 Å². The van der Waals surface area contributed by atoms with E-state index in [2.05, 4.69) is 10.5 Å². The molecule has 3 rings (SSSR count). The van der Waals surface area contributed by atoms with Crippen molar-refractivity contribution < 1.29 is 13.7 Å². The Labute approximate surface area is 109 Å². The number of furan rings is 1. The van der Waals surface area contributed by atoms with Crippen molar-refractivity contribution >= 4 is 16.9 Å². The topological polar surface area (TPSA) is 68.3 Å². The Morgan fingerprint density at radius 1 is 1.32 bits per heavy atom. The molecule has 1 N–H and O–H groups in total. The van der Waals surface area contributed by atoms with E-state index in [0.29, 0.717) is 18.1 Å². The van der Waals surface area contributed by atoms with Gasteiger partial charge in [0.25, 0.3) is 5.91 Å². The van der Waals surface area contributed by atoms with Crippen molar-refractivity contribution in [2.24, 2.45) is 0 Å². The van der Waals surface area contributed by atoms with Gasteiger partial charge in [-0.15, -0.1) is 0 Å². The van der Waals surface area contributed by atoms with Gasteiger partial charge >= 0.3 is 0 Å². The number of benzene rings is 1. The van der Waals surface area contributed by atoms with Crippen LogP contribution in [0.2, 0.25) is 0 Å². The first-order valence-corrected chi connectivity index (χ1v) is 5.91. The first-order valence-electron chi connectivity index (χ1n) is 5.91. The third-order valence-corrected chi connectivity index (χ3v) is 2.76. The van der Waals surface area contributed by atoms with Crippen LogP contribution in [0.25, 0.3) is 11.0 Å². The molecule has 3 aromatic rings. The molecule has 0 aliphatic heterocycles. The summed E-state index contributed by atoms with van der Waals surface area (Å²) < 4.78 is 10.5. The minimum absolute atomic E-state index is 0.272. The Morgan fingerprint density at radius 3 is 2.89 bits per heavy atom. The lowest BCUT2D eigenvalue weighted by Crippen LogP contribution is -2.22. The number of nitrogens with one attached hydrogen (secondary N) is 1. The van der Waals surface area contributed by atoms with Crippen molar-refractivity contribution in [1.82, 2.24) is 10.5 Å². The monoisotopic (exact) mass is 256 g/mol. The molecule has 19 heavy (non-hydrogen) atoms. The minimum Gasteiger partial charge on any atom is -0.459 e. The second-order valence-corrected chi connectivity index (χ2v) is 4.26. The molecule has 0 aliphatic rings. The summed E-state index contributed by atoms with van der Waals surface area (Å²) in [5.74, 6) is 1.03. The second kappa shape index (κ2) is 4.61. The Bertz CT molecular complexity index is 694. The first-order chi connectivity index (χ1) is 9.22. The molecule has 5 nitrogen and oxygen atoms in total. The maximum atomic E-state index is 11.8. The number of carbonyl (C=O) groups is 1. The molecule has 0 bridgehead atoms. The van der Waals surface area contributed by atoms with Crippen LogP contribution in [0.4, 0.5) is 0 Å². The molecular formula is C14H12N2O3. The minimum atomic E-state index is -0.280. The van der Waals surface area contributed by atoms with E-state index in [1.165, 1.54) is 0 Å². The predicted octanol–water partition coefficient (Wildman–Crippen LogP) is 2.66. The number of amides is 1. The van der Waals surface area contributed by atoms with Gasteiger partial charge in [0.05, 0.1) is 6.54 Å². The molecule has 0 saturated carbocycles. The van der Waals surface area contributed by atoms with E-state index in [1.54, 1.807) is 13.0 Å². The van der Waals surface area contributed by atoms with Crippen LogP contribution < -0.4 is 5.32 Å². The summed E-state index contributed by atoms with van der Waals surface area (Å²) in [6.45, 7) is 2.06. The van der Waals surface area contributed by atoms with E-state index in [0.717, 1.165) is 11.0 Å². The van der Waals surface area contributed by atoms with E-state index in [-0.39, 0.29) is 11.6 Å². The molecule has 5 heteroatoms. The fraction of sp³-hybridized carbons (Fsp3) is 0.143. The number of para-hydroxylation sites is 1. The lowest BCUT2D eigenvalue weighted by atomic mass is 10.2. The molecule has 1 aromatic carbocycles. The number of aryl methyl sites for hydroxylation is 1. The summed E-state index contributed by atoms with van der Waals surface area (Å²) in [5, 5.41) is 7.41. The van der Waals surface area contributed by atoms with Gasteiger partial charge < -0.3 is 14.3 Å². The number of hydrogen-bond donors (Lipinski definition) is 1. The van der Waals surface area contributed by atoms with Crippen LogP contribution in [0.1, 0.15) is 22.0 Å². The van der Waals surface area contributed by atoms with Crippen molar-refractivity contribution in [2.45, 2.75) is 13.5 Å². The third-order valence-electron chi connectivity index (χ3n) is 2.76. The SMILES string of the molecule is Cc1cc(C(=O)NCc2cc3ccccc3o2)no1. The zero-order valence-corrected chi connectivity index (χ0v) is 10.3. The summed E-state index contributed by atoms with van der Waals surface area (Å²) in [4.78, 5) is 11.8. The highest BCUT2D eigenvalue weighted by molar-refractivity contribution is 5.92. The Balaban J connectivity index is 1.70. The molecule has 0 aliphatic carbocycles. The van der Waals surface area contributed by atoms with Crippen LogP contribution in [-0.2, 0) is 6.54 Å². The third kappa shape index (κ3) is 2.35. The zero-order valence-electron chi connectivity index (χ0n) is 10.3. The standard InChI is InChI=1S/C14H12N2O3/c1-9-6-12(16-19-9)14(17)15-8-11-7-10-4-2-3-5-13(10)18-11/h2-7H,8H2,1H3,(H,15,17). The van der Waals surface area contributed by atoms with Crippen molar-refractivity contribution in [1.29, 1.82) is 0 Å². The largest absolute Gasteiger partial charge is 0.459 e. The summed E-state index contributed by atoms with van der Waals surface area (Å²) in [6.07, 6.45) is 0. The van der Waals surface area contributed by atoms with Crippen molar-refractivity contribution in [3.05, 3.63) is 53.6 Å². The Kier molecular flexibility index (Phi) is 2.79. The lowest BCUT2D eigenvalue weighted by molar-refractivity contribution is 0.0939. The normalized spacial score (nSPS) is 10.8. The second-order valence-electron chi connectivity index (χ2n) is 4.26. The predicted molar refractivity (Wildman–Crippen MR) is 68.6 cm³/mol.